The summed E-state index contributed by atoms with van der Waals surface area (Å²) >= 11 is 0. The van der Waals surface area contributed by atoms with E-state index in [1.807, 2.05) is 44.2 Å². The first kappa shape index (κ1) is 29.8. The van der Waals surface area contributed by atoms with E-state index >= 15 is 0 Å². The maximum absolute atomic E-state index is 14.1. The van der Waals surface area contributed by atoms with Crippen molar-refractivity contribution < 1.29 is 23.9 Å². The number of benzene rings is 1. The van der Waals surface area contributed by atoms with Crippen LogP contribution in [0, 0.1) is 11.8 Å². The fraction of sp³-hybridized carbons (Fsp3) is 0.679. The van der Waals surface area contributed by atoms with Crippen LogP contribution in [0.2, 0.25) is 0 Å². The molecule has 2 rings (SSSR count). The monoisotopic (exact) mass is 503 g/mol. The number of nitrogens with zero attached hydrogens (tertiary/aromatic N) is 1. The molecule has 3 atom stereocenters. The zero-order chi connectivity index (χ0) is 26.5. The van der Waals surface area contributed by atoms with E-state index in [0.717, 1.165) is 44.1 Å². The predicted octanol–water partition coefficient (Wildman–Crippen LogP) is 3.29. The van der Waals surface area contributed by atoms with Crippen LogP contribution in [0.4, 0.5) is 0 Å². The molecular formula is C28H45N3O5. The lowest BCUT2D eigenvalue weighted by Crippen LogP contribution is -2.59. The van der Waals surface area contributed by atoms with Gasteiger partial charge in [0.2, 0.25) is 17.7 Å². The summed E-state index contributed by atoms with van der Waals surface area (Å²) in [5.74, 6) is -0.703. The number of hydrogen-bond acceptors (Lipinski definition) is 5. The fourth-order valence-corrected chi connectivity index (χ4v) is 4.83. The predicted molar refractivity (Wildman–Crippen MR) is 140 cm³/mol. The number of nitrogens with one attached hydrogen (secondary N) is 2. The smallest absolute Gasteiger partial charge is 0.245 e. The van der Waals surface area contributed by atoms with Gasteiger partial charge in [-0.1, -0.05) is 69.9 Å². The number of hydrogen-bond donors (Lipinski definition) is 2. The van der Waals surface area contributed by atoms with Gasteiger partial charge in [0, 0.05) is 27.7 Å². The van der Waals surface area contributed by atoms with E-state index in [0.29, 0.717) is 13.0 Å². The Morgan fingerprint density at radius 2 is 1.67 bits per heavy atom. The molecule has 0 spiro atoms. The number of ether oxygens (including phenoxy) is 2. The zero-order valence-corrected chi connectivity index (χ0v) is 22.6. The quantitative estimate of drug-likeness (QED) is 0.380. The first-order chi connectivity index (χ1) is 17.3. The van der Waals surface area contributed by atoms with E-state index in [4.69, 9.17) is 9.47 Å². The highest BCUT2D eigenvalue weighted by Crippen LogP contribution is 2.28. The second-order valence-electron chi connectivity index (χ2n) is 9.87. The summed E-state index contributed by atoms with van der Waals surface area (Å²) < 4.78 is 10.8. The van der Waals surface area contributed by atoms with Crippen molar-refractivity contribution in [3.63, 3.8) is 0 Å². The average Bonchev–Trinajstić information content (AvgIpc) is 2.90. The summed E-state index contributed by atoms with van der Waals surface area (Å²) in [6.45, 7) is 6.07. The third kappa shape index (κ3) is 9.21. The van der Waals surface area contributed by atoms with Gasteiger partial charge < -0.3 is 25.0 Å². The molecule has 1 fully saturated rings. The molecule has 1 aliphatic carbocycles. The SMILES string of the molecule is CC[C@H](C)[C@@H](NC(C)=O)C(=O)N[C@@H](C(=O)N(CCc1ccccc1)CC(OC)OC)C1CCCCC1. The molecule has 3 amide bonds. The Morgan fingerprint density at radius 3 is 2.22 bits per heavy atom. The van der Waals surface area contributed by atoms with E-state index in [1.165, 1.54) is 6.92 Å². The molecule has 0 saturated heterocycles. The Bertz CT molecular complexity index is 809. The van der Waals surface area contributed by atoms with Crippen molar-refractivity contribution in [1.82, 2.24) is 15.5 Å². The number of methoxy groups -OCH3 is 2. The summed E-state index contributed by atoms with van der Waals surface area (Å²) in [5.41, 5.74) is 1.13. The van der Waals surface area contributed by atoms with Crippen LogP contribution in [-0.4, -0.2) is 68.3 Å². The average molecular weight is 504 g/mol. The summed E-state index contributed by atoms with van der Waals surface area (Å²) in [5, 5.41) is 5.86. The normalized spacial score (nSPS) is 16.7. The van der Waals surface area contributed by atoms with Crippen molar-refractivity contribution in [3.05, 3.63) is 35.9 Å². The van der Waals surface area contributed by atoms with Crippen molar-refractivity contribution in [2.45, 2.75) is 84.1 Å². The van der Waals surface area contributed by atoms with Crippen molar-refractivity contribution >= 4 is 17.7 Å². The van der Waals surface area contributed by atoms with Gasteiger partial charge in [-0.25, -0.2) is 0 Å². The Morgan fingerprint density at radius 1 is 1.03 bits per heavy atom. The number of rotatable bonds is 14. The number of amides is 3. The van der Waals surface area contributed by atoms with Gasteiger partial charge in [0.1, 0.15) is 12.1 Å². The summed E-state index contributed by atoms with van der Waals surface area (Å²) in [4.78, 5) is 41.1. The Labute approximate surface area is 216 Å². The molecular weight excluding hydrogens is 458 g/mol. The largest absolute Gasteiger partial charge is 0.354 e. The van der Waals surface area contributed by atoms with Gasteiger partial charge >= 0.3 is 0 Å². The number of carbonyl (C=O) groups is 3. The summed E-state index contributed by atoms with van der Waals surface area (Å²) in [7, 11) is 3.11. The maximum Gasteiger partial charge on any atom is 0.245 e. The summed E-state index contributed by atoms with van der Waals surface area (Å²) in [6.07, 6.45) is 5.82. The Kier molecular flexibility index (Phi) is 12.9. The van der Waals surface area contributed by atoms with Crippen molar-refractivity contribution in [2.75, 3.05) is 27.3 Å². The lowest BCUT2D eigenvalue weighted by molar-refractivity contribution is -0.150. The second kappa shape index (κ2) is 15.6. The van der Waals surface area contributed by atoms with Crippen LogP contribution in [0.15, 0.2) is 30.3 Å². The van der Waals surface area contributed by atoms with E-state index in [9.17, 15) is 14.4 Å². The van der Waals surface area contributed by atoms with Gasteiger partial charge in [0.05, 0.1) is 6.54 Å². The fourth-order valence-electron chi connectivity index (χ4n) is 4.83. The molecule has 8 heteroatoms. The molecule has 8 nitrogen and oxygen atoms in total. The molecule has 1 aromatic carbocycles. The van der Waals surface area contributed by atoms with Crippen LogP contribution in [-0.2, 0) is 30.3 Å². The molecule has 0 aromatic heterocycles. The minimum absolute atomic E-state index is 0.0490. The van der Waals surface area contributed by atoms with Crippen LogP contribution in [0.1, 0.15) is 64.9 Å². The van der Waals surface area contributed by atoms with Gasteiger partial charge in [-0.05, 0) is 36.7 Å². The van der Waals surface area contributed by atoms with Crippen molar-refractivity contribution in [3.8, 4) is 0 Å². The molecule has 2 N–H and O–H groups in total. The molecule has 0 aliphatic heterocycles. The van der Waals surface area contributed by atoms with E-state index in [2.05, 4.69) is 10.6 Å². The van der Waals surface area contributed by atoms with Crippen LogP contribution in [0.5, 0.6) is 0 Å². The first-order valence-electron chi connectivity index (χ1n) is 13.3. The van der Waals surface area contributed by atoms with Crippen LogP contribution >= 0.6 is 0 Å². The van der Waals surface area contributed by atoms with Gasteiger partial charge in [0.15, 0.2) is 6.29 Å². The highest BCUT2D eigenvalue weighted by molar-refractivity contribution is 5.92. The minimum Gasteiger partial charge on any atom is -0.354 e. The van der Waals surface area contributed by atoms with E-state index in [-0.39, 0.29) is 36.1 Å². The molecule has 1 aromatic rings. The maximum atomic E-state index is 14.1. The third-order valence-electron chi connectivity index (χ3n) is 7.26. The molecule has 0 heterocycles. The molecule has 1 aliphatic rings. The van der Waals surface area contributed by atoms with Gasteiger partial charge in [-0.15, -0.1) is 0 Å². The molecule has 0 unspecified atom stereocenters. The van der Waals surface area contributed by atoms with Crippen LogP contribution in [0.3, 0.4) is 0 Å². The van der Waals surface area contributed by atoms with Crippen molar-refractivity contribution in [2.24, 2.45) is 11.8 Å². The highest BCUT2D eigenvalue weighted by atomic mass is 16.7. The van der Waals surface area contributed by atoms with Gasteiger partial charge in [-0.2, -0.15) is 0 Å². The topological polar surface area (TPSA) is 97.0 Å². The van der Waals surface area contributed by atoms with Gasteiger partial charge in [0.25, 0.3) is 0 Å². The standard InChI is InChI=1S/C28H45N3O5/c1-6-20(2)25(29-21(3)32)27(33)30-26(23-15-11-8-12-16-23)28(34)31(19-24(35-4)36-5)18-17-22-13-9-7-10-14-22/h7,9-10,13-14,20,23-26H,6,8,11-12,15-19H2,1-5H3,(H,29,32)(H,30,33)/t20-,25+,26+/m0/s1. The lowest BCUT2D eigenvalue weighted by Gasteiger charge is -2.36. The zero-order valence-electron chi connectivity index (χ0n) is 22.6. The van der Waals surface area contributed by atoms with Crippen molar-refractivity contribution in [1.29, 1.82) is 0 Å². The number of carbonyl (C=O) groups excluding carboxylic acids is 3. The summed E-state index contributed by atoms with van der Waals surface area (Å²) in [6, 6.07) is 8.66. The third-order valence-corrected chi connectivity index (χ3v) is 7.26. The van der Waals surface area contributed by atoms with Crippen LogP contribution < -0.4 is 10.6 Å². The first-order valence-corrected chi connectivity index (χ1v) is 13.3. The molecule has 202 valence electrons. The Hall–Kier alpha value is -2.45. The van der Waals surface area contributed by atoms with Gasteiger partial charge in [-0.3, -0.25) is 14.4 Å². The molecule has 0 radical (unpaired) electrons. The highest BCUT2D eigenvalue weighted by Gasteiger charge is 2.37. The molecule has 0 bridgehead atoms. The van der Waals surface area contributed by atoms with E-state index in [1.54, 1.807) is 19.1 Å². The lowest BCUT2D eigenvalue weighted by atomic mass is 9.83. The Balaban J connectivity index is 2.30. The van der Waals surface area contributed by atoms with Crippen LogP contribution in [0.25, 0.3) is 0 Å². The molecule has 1 saturated carbocycles. The minimum atomic E-state index is -0.685. The second-order valence-corrected chi connectivity index (χ2v) is 9.87. The molecule has 36 heavy (non-hydrogen) atoms. The van der Waals surface area contributed by atoms with E-state index < -0.39 is 18.4 Å².